The summed E-state index contributed by atoms with van der Waals surface area (Å²) in [5.41, 5.74) is 2.78. The van der Waals surface area contributed by atoms with Gasteiger partial charge < -0.3 is 0 Å². The van der Waals surface area contributed by atoms with Gasteiger partial charge in [-0.15, -0.1) is 0 Å². The lowest BCUT2D eigenvalue weighted by atomic mass is 10.1. The zero-order chi connectivity index (χ0) is 12.3. The van der Waals surface area contributed by atoms with Gasteiger partial charge in [0.05, 0.1) is 11.2 Å². The Labute approximate surface area is 99.8 Å². The van der Waals surface area contributed by atoms with E-state index in [2.05, 4.69) is 16.7 Å². The van der Waals surface area contributed by atoms with Gasteiger partial charge in [-0.2, -0.15) is 5.26 Å². The highest BCUT2D eigenvalue weighted by atomic mass is 14.8. The number of fused-ring (bicyclic) bond motifs is 1. The lowest BCUT2D eigenvalue weighted by Crippen LogP contribution is -1.86. The minimum absolute atomic E-state index is 0.389. The van der Waals surface area contributed by atoms with Gasteiger partial charge in [0.2, 0.25) is 0 Å². The first-order valence-corrected chi connectivity index (χ1v) is 5.23. The van der Waals surface area contributed by atoms with Crippen LogP contribution < -0.4 is 0 Å². The van der Waals surface area contributed by atoms with Gasteiger partial charge in [-0.3, -0.25) is 4.99 Å². The van der Waals surface area contributed by atoms with Crippen molar-refractivity contribution in [3.8, 4) is 6.07 Å². The van der Waals surface area contributed by atoms with Crippen LogP contribution in [-0.4, -0.2) is 11.7 Å². The number of nitriles is 1. The summed E-state index contributed by atoms with van der Waals surface area (Å²) in [4.78, 5) is 8.30. The molecule has 1 aromatic carbocycles. The summed E-state index contributed by atoms with van der Waals surface area (Å²) in [5, 5.41) is 9.82. The molecule has 0 bridgehead atoms. The molecule has 0 atom stereocenters. The zero-order valence-corrected chi connectivity index (χ0v) is 9.51. The number of hydrogen-bond acceptors (Lipinski definition) is 3. The smallest absolute Gasteiger partial charge is 0.141 e. The van der Waals surface area contributed by atoms with E-state index in [-0.39, 0.29) is 0 Å². The Kier molecular flexibility index (Phi) is 2.97. The fourth-order valence-electron chi connectivity index (χ4n) is 1.73. The van der Waals surface area contributed by atoms with Gasteiger partial charge in [0.25, 0.3) is 0 Å². The number of aromatic nitrogens is 1. The third-order valence-electron chi connectivity index (χ3n) is 2.49. The molecule has 2 aromatic rings. The van der Waals surface area contributed by atoms with E-state index in [9.17, 15) is 0 Å². The molecule has 0 saturated heterocycles. The largest absolute Gasteiger partial charge is 0.262 e. The molecule has 1 aromatic heterocycles. The van der Waals surface area contributed by atoms with Crippen LogP contribution in [0.5, 0.6) is 0 Å². The summed E-state index contributed by atoms with van der Waals surface area (Å²) in [5.74, 6) is 0. The highest BCUT2D eigenvalue weighted by Gasteiger charge is 2.06. The average Bonchev–Trinajstić information content (AvgIpc) is 2.38. The molecule has 17 heavy (non-hydrogen) atoms. The normalized spacial score (nSPS) is 10.6. The Balaban J connectivity index is 2.83. The lowest BCUT2D eigenvalue weighted by molar-refractivity contribution is 1.32. The molecule has 0 amide bonds. The maximum atomic E-state index is 8.86. The Morgan fingerprint density at radius 3 is 2.76 bits per heavy atom. The molecule has 1 heterocycles. The van der Waals surface area contributed by atoms with Crippen LogP contribution in [0, 0.1) is 11.3 Å². The first-order chi connectivity index (χ1) is 8.30. The molecular weight excluding hydrogens is 210 g/mol. The Hall–Kier alpha value is -2.47. The highest BCUT2D eigenvalue weighted by molar-refractivity contribution is 5.94. The van der Waals surface area contributed by atoms with Gasteiger partial charge in [0, 0.05) is 10.9 Å². The van der Waals surface area contributed by atoms with Crippen LogP contribution in [0.25, 0.3) is 17.0 Å². The van der Waals surface area contributed by atoms with Gasteiger partial charge in [0.15, 0.2) is 0 Å². The third-order valence-corrected chi connectivity index (χ3v) is 2.49. The van der Waals surface area contributed by atoms with E-state index in [0.29, 0.717) is 5.69 Å². The van der Waals surface area contributed by atoms with Crippen molar-refractivity contribution in [1.29, 1.82) is 5.26 Å². The van der Waals surface area contributed by atoms with Gasteiger partial charge in [-0.25, -0.2) is 4.98 Å². The molecule has 0 N–H and O–H groups in total. The molecule has 0 saturated carbocycles. The van der Waals surface area contributed by atoms with Gasteiger partial charge in [0.1, 0.15) is 11.8 Å². The number of aliphatic imine (C=N–C) groups is 1. The second-order valence-corrected chi connectivity index (χ2v) is 3.54. The summed E-state index contributed by atoms with van der Waals surface area (Å²) in [7, 11) is 0. The van der Waals surface area contributed by atoms with Crippen LogP contribution in [-0.2, 0) is 0 Å². The van der Waals surface area contributed by atoms with Crippen molar-refractivity contribution in [3.05, 3.63) is 41.6 Å². The molecule has 0 aliphatic rings. The molecular formula is C14H11N3. The van der Waals surface area contributed by atoms with Gasteiger partial charge >= 0.3 is 0 Å². The summed E-state index contributed by atoms with van der Waals surface area (Å²) in [6.45, 7) is 5.51. The number of nitrogens with zero attached hydrogens (tertiary/aromatic N) is 3. The van der Waals surface area contributed by atoms with Crippen molar-refractivity contribution in [1.82, 2.24) is 4.98 Å². The minimum atomic E-state index is 0.389. The average molecular weight is 221 g/mol. The molecule has 0 spiro atoms. The summed E-state index contributed by atoms with van der Waals surface area (Å²) >= 11 is 0. The van der Waals surface area contributed by atoms with Crippen molar-refractivity contribution in [2.45, 2.75) is 6.92 Å². The summed E-state index contributed by atoms with van der Waals surface area (Å²) in [6.07, 6.45) is 3.88. The van der Waals surface area contributed by atoms with E-state index in [4.69, 9.17) is 5.26 Å². The van der Waals surface area contributed by atoms with Crippen LogP contribution in [0.1, 0.15) is 18.2 Å². The first kappa shape index (κ1) is 11.0. The number of pyridine rings is 1. The van der Waals surface area contributed by atoms with Crippen LogP contribution in [0.15, 0.2) is 35.3 Å². The Morgan fingerprint density at radius 2 is 2.12 bits per heavy atom. The predicted molar refractivity (Wildman–Crippen MR) is 70.4 cm³/mol. The molecule has 0 unspecified atom stereocenters. The maximum absolute atomic E-state index is 8.86. The SMILES string of the molecule is C=Nc1c(/C=C\C)ccc2ccc(C#N)nc12. The number of allylic oxidation sites excluding steroid dienone is 1. The Bertz CT molecular complexity index is 648. The van der Waals surface area contributed by atoms with Crippen LogP contribution in [0.4, 0.5) is 5.69 Å². The second kappa shape index (κ2) is 4.58. The number of benzene rings is 1. The van der Waals surface area contributed by atoms with Crippen LogP contribution in [0.3, 0.4) is 0 Å². The molecule has 0 radical (unpaired) electrons. The molecule has 3 heteroatoms. The Morgan fingerprint density at radius 1 is 1.35 bits per heavy atom. The fraction of sp³-hybridized carbons (Fsp3) is 0.0714. The summed E-state index contributed by atoms with van der Waals surface area (Å²) < 4.78 is 0. The molecule has 0 aliphatic carbocycles. The van der Waals surface area contributed by atoms with E-state index in [1.807, 2.05) is 43.3 Å². The van der Waals surface area contributed by atoms with E-state index in [0.717, 1.165) is 22.2 Å². The molecule has 0 aliphatic heterocycles. The maximum Gasteiger partial charge on any atom is 0.141 e. The highest BCUT2D eigenvalue weighted by Crippen LogP contribution is 2.29. The standard InChI is InChI=1S/C14H11N3/c1-3-4-10-5-6-11-7-8-12(9-15)17-14(11)13(10)16-2/h3-8H,2H2,1H3/b4-3-. The minimum Gasteiger partial charge on any atom is -0.262 e. The topological polar surface area (TPSA) is 49.0 Å². The van der Waals surface area contributed by atoms with Crippen molar-refractivity contribution in [2.24, 2.45) is 4.99 Å². The predicted octanol–water partition coefficient (Wildman–Crippen LogP) is 3.47. The van der Waals surface area contributed by atoms with Crippen molar-refractivity contribution in [3.63, 3.8) is 0 Å². The van der Waals surface area contributed by atoms with Gasteiger partial charge in [-0.1, -0.05) is 24.3 Å². The van der Waals surface area contributed by atoms with Gasteiger partial charge in [-0.05, 0) is 25.8 Å². The molecule has 3 nitrogen and oxygen atoms in total. The monoisotopic (exact) mass is 221 g/mol. The van der Waals surface area contributed by atoms with Crippen LogP contribution in [0.2, 0.25) is 0 Å². The molecule has 2 rings (SSSR count). The summed E-state index contributed by atoms with van der Waals surface area (Å²) in [6, 6.07) is 9.54. The van der Waals surface area contributed by atoms with E-state index in [1.54, 1.807) is 6.07 Å². The fourth-order valence-corrected chi connectivity index (χ4v) is 1.73. The van der Waals surface area contributed by atoms with Crippen molar-refractivity contribution >= 4 is 29.4 Å². The number of rotatable bonds is 2. The molecule has 0 fully saturated rings. The molecule has 82 valence electrons. The lowest BCUT2D eigenvalue weighted by Gasteiger charge is -2.05. The zero-order valence-electron chi connectivity index (χ0n) is 9.51. The van der Waals surface area contributed by atoms with Crippen molar-refractivity contribution in [2.75, 3.05) is 0 Å². The quantitative estimate of drug-likeness (QED) is 0.729. The van der Waals surface area contributed by atoms with Crippen molar-refractivity contribution < 1.29 is 0 Å². The van der Waals surface area contributed by atoms with Crippen LogP contribution >= 0.6 is 0 Å². The van der Waals surface area contributed by atoms with E-state index >= 15 is 0 Å². The van der Waals surface area contributed by atoms with E-state index < -0.39 is 0 Å². The number of hydrogen-bond donors (Lipinski definition) is 0. The first-order valence-electron chi connectivity index (χ1n) is 5.23. The van der Waals surface area contributed by atoms with E-state index in [1.165, 1.54) is 0 Å². The second-order valence-electron chi connectivity index (χ2n) is 3.54. The third kappa shape index (κ3) is 1.93.